The van der Waals surface area contributed by atoms with Crippen molar-refractivity contribution in [3.8, 4) is 0 Å². The van der Waals surface area contributed by atoms with E-state index in [0.717, 1.165) is 26.1 Å². The summed E-state index contributed by atoms with van der Waals surface area (Å²) in [4.78, 5) is 0. The number of rotatable bonds is 5. The summed E-state index contributed by atoms with van der Waals surface area (Å²) in [6.45, 7) is 8.31. The van der Waals surface area contributed by atoms with Gasteiger partial charge in [0.2, 0.25) is 0 Å². The summed E-state index contributed by atoms with van der Waals surface area (Å²) >= 11 is 0. The average molecular weight is 188 g/mol. The summed E-state index contributed by atoms with van der Waals surface area (Å²) in [5.41, 5.74) is 0. The van der Waals surface area contributed by atoms with Gasteiger partial charge in [0.15, 0.2) is 5.79 Å². The summed E-state index contributed by atoms with van der Waals surface area (Å²) in [5.74, 6) is -0.393. The Morgan fingerprint density at radius 2 is 2.15 bits per heavy atom. The van der Waals surface area contributed by atoms with E-state index in [1.54, 1.807) is 0 Å². The van der Waals surface area contributed by atoms with Crippen LogP contribution < -0.4 is 0 Å². The fourth-order valence-electron chi connectivity index (χ4n) is 1.37. The minimum Gasteiger partial charge on any atom is -0.381 e. The molecule has 1 saturated heterocycles. The third kappa shape index (κ3) is 4.07. The third-order valence-corrected chi connectivity index (χ3v) is 2.00. The van der Waals surface area contributed by atoms with E-state index in [9.17, 15) is 0 Å². The van der Waals surface area contributed by atoms with Gasteiger partial charge in [0, 0.05) is 13.2 Å². The Bertz CT molecular complexity index is 145. The van der Waals surface area contributed by atoms with E-state index < -0.39 is 5.79 Å². The fourth-order valence-corrected chi connectivity index (χ4v) is 1.37. The molecule has 0 spiro atoms. The van der Waals surface area contributed by atoms with Crippen LogP contribution in [0.3, 0.4) is 0 Å². The van der Waals surface area contributed by atoms with Crippen LogP contribution in [0.25, 0.3) is 0 Å². The van der Waals surface area contributed by atoms with Crippen LogP contribution in [0, 0.1) is 0 Å². The van der Waals surface area contributed by atoms with Crippen LogP contribution in [0.5, 0.6) is 0 Å². The van der Waals surface area contributed by atoms with E-state index in [1.807, 2.05) is 13.8 Å². The lowest BCUT2D eigenvalue weighted by Crippen LogP contribution is -2.22. The minimum absolute atomic E-state index is 0.215. The van der Waals surface area contributed by atoms with Crippen LogP contribution in [-0.2, 0) is 14.2 Å². The first-order chi connectivity index (χ1) is 6.14. The first-order valence-electron chi connectivity index (χ1n) is 5.03. The zero-order chi connectivity index (χ0) is 9.73. The first-order valence-corrected chi connectivity index (χ1v) is 5.03. The van der Waals surface area contributed by atoms with Crippen molar-refractivity contribution in [2.24, 2.45) is 0 Å². The Balaban J connectivity index is 2.04. The van der Waals surface area contributed by atoms with E-state index in [1.165, 1.54) is 0 Å². The predicted molar refractivity (Wildman–Crippen MR) is 50.6 cm³/mol. The first kappa shape index (κ1) is 11.0. The Labute approximate surface area is 80.4 Å². The summed E-state index contributed by atoms with van der Waals surface area (Å²) in [7, 11) is 0. The van der Waals surface area contributed by atoms with E-state index in [2.05, 4.69) is 6.92 Å². The third-order valence-electron chi connectivity index (χ3n) is 2.00. The molecule has 1 atom stereocenters. The lowest BCUT2D eigenvalue weighted by Gasteiger charge is -2.16. The molecule has 1 rings (SSSR count). The van der Waals surface area contributed by atoms with Crippen LogP contribution in [-0.4, -0.2) is 31.7 Å². The van der Waals surface area contributed by atoms with Crippen molar-refractivity contribution in [3.05, 3.63) is 0 Å². The lowest BCUT2D eigenvalue weighted by molar-refractivity contribution is -0.140. The summed E-state index contributed by atoms with van der Waals surface area (Å²) in [6, 6.07) is 0. The standard InChI is InChI=1S/C10H20O3/c1-4-6-11-7-5-9-8-12-10(2,3)13-9/h9H,4-8H2,1-3H3. The van der Waals surface area contributed by atoms with Crippen LogP contribution in [0.1, 0.15) is 33.6 Å². The molecule has 1 unspecified atom stereocenters. The molecule has 0 N–H and O–H groups in total. The van der Waals surface area contributed by atoms with Crippen molar-refractivity contribution < 1.29 is 14.2 Å². The molecule has 1 aliphatic rings. The van der Waals surface area contributed by atoms with Crippen LogP contribution in [0.2, 0.25) is 0 Å². The highest BCUT2D eigenvalue weighted by Gasteiger charge is 2.32. The SMILES string of the molecule is CCCOCCC1COC(C)(C)O1. The van der Waals surface area contributed by atoms with Gasteiger partial charge in [-0.1, -0.05) is 6.92 Å². The Morgan fingerprint density at radius 3 is 2.69 bits per heavy atom. The molecule has 1 heterocycles. The van der Waals surface area contributed by atoms with Gasteiger partial charge < -0.3 is 14.2 Å². The molecule has 13 heavy (non-hydrogen) atoms. The topological polar surface area (TPSA) is 27.7 Å². The van der Waals surface area contributed by atoms with Crippen molar-refractivity contribution in [2.45, 2.75) is 45.5 Å². The van der Waals surface area contributed by atoms with Crippen molar-refractivity contribution in [1.29, 1.82) is 0 Å². The molecule has 1 aliphatic heterocycles. The van der Waals surface area contributed by atoms with Gasteiger partial charge >= 0.3 is 0 Å². The highest BCUT2D eigenvalue weighted by Crippen LogP contribution is 2.23. The minimum atomic E-state index is -0.393. The number of hydrogen-bond acceptors (Lipinski definition) is 3. The largest absolute Gasteiger partial charge is 0.381 e. The van der Waals surface area contributed by atoms with E-state index in [0.29, 0.717) is 6.61 Å². The number of ether oxygens (including phenoxy) is 3. The smallest absolute Gasteiger partial charge is 0.163 e. The maximum Gasteiger partial charge on any atom is 0.163 e. The van der Waals surface area contributed by atoms with Crippen molar-refractivity contribution >= 4 is 0 Å². The van der Waals surface area contributed by atoms with Crippen molar-refractivity contribution in [3.63, 3.8) is 0 Å². The van der Waals surface area contributed by atoms with Gasteiger partial charge in [0.1, 0.15) is 0 Å². The monoisotopic (exact) mass is 188 g/mol. The predicted octanol–water partition coefficient (Wildman–Crippen LogP) is 1.95. The van der Waals surface area contributed by atoms with Crippen molar-refractivity contribution in [2.75, 3.05) is 19.8 Å². The van der Waals surface area contributed by atoms with Crippen LogP contribution in [0.4, 0.5) is 0 Å². The second kappa shape index (κ2) is 4.94. The maximum atomic E-state index is 5.63. The molecule has 0 aliphatic carbocycles. The summed E-state index contributed by atoms with van der Waals surface area (Å²) < 4.78 is 16.4. The molecule has 3 nitrogen and oxygen atoms in total. The maximum absolute atomic E-state index is 5.63. The lowest BCUT2D eigenvalue weighted by atomic mass is 10.3. The van der Waals surface area contributed by atoms with E-state index in [4.69, 9.17) is 14.2 Å². The molecule has 0 radical (unpaired) electrons. The molecule has 1 fully saturated rings. The number of hydrogen-bond donors (Lipinski definition) is 0. The molecule has 0 aromatic carbocycles. The normalized spacial score (nSPS) is 26.5. The molecule has 3 heteroatoms. The van der Waals surface area contributed by atoms with Gasteiger partial charge in [0.25, 0.3) is 0 Å². The Hall–Kier alpha value is -0.120. The Kier molecular flexibility index (Phi) is 4.16. The Morgan fingerprint density at radius 1 is 1.38 bits per heavy atom. The van der Waals surface area contributed by atoms with Crippen molar-refractivity contribution in [1.82, 2.24) is 0 Å². The van der Waals surface area contributed by atoms with Gasteiger partial charge in [-0.25, -0.2) is 0 Å². The summed E-state index contributed by atoms with van der Waals surface area (Å²) in [6.07, 6.45) is 2.23. The fraction of sp³-hybridized carbons (Fsp3) is 1.00. The molecule has 0 amide bonds. The zero-order valence-electron chi connectivity index (χ0n) is 8.84. The molecule has 0 saturated carbocycles. The van der Waals surface area contributed by atoms with E-state index in [-0.39, 0.29) is 6.10 Å². The van der Waals surface area contributed by atoms with Gasteiger partial charge in [0.05, 0.1) is 12.7 Å². The highest BCUT2D eigenvalue weighted by molar-refractivity contribution is 4.70. The molecule has 78 valence electrons. The second-order valence-corrected chi connectivity index (χ2v) is 3.85. The molecule has 0 aromatic rings. The van der Waals surface area contributed by atoms with Crippen LogP contribution in [0.15, 0.2) is 0 Å². The molecule has 0 bridgehead atoms. The van der Waals surface area contributed by atoms with Crippen LogP contribution >= 0.6 is 0 Å². The van der Waals surface area contributed by atoms with E-state index >= 15 is 0 Å². The molecular formula is C10H20O3. The van der Waals surface area contributed by atoms with Gasteiger partial charge in [-0.3, -0.25) is 0 Å². The van der Waals surface area contributed by atoms with Gasteiger partial charge in [-0.2, -0.15) is 0 Å². The second-order valence-electron chi connectivity index (χ2n) is 3.85. The molecule has 0 aromatic heterocycles. The highest BCUT2D eigenvalue weighted by atomic mass is 16.7. The van der Waals surface area contributed by atoms with Gasteiger partial charge in [-0.05, 0) is 26.7 Å². The van der Waals surface area contributed by atoms with Gasteiger partial charge in [-0.15, -0.1) is 0 Å². The quantitative estimate of drug-likeness (QED) is 0.617. The average Bonchev–Trinajstić information content (AvgIpc) is 2.40. The molecular weight excluding hydrogens is 168 g/mol. The summed E-state index contributed by atoms with van der Waals surface area (Å²) in [5, 5.41) is 0. The zero-order valence-corrected chi connectivity index (χ0v) is 8.84.